The fourth-order valence-corrected chi connectivity index (χ4v) is 3.11. The van der Waals surface area contributed by atoms with Crippen molar-refractivity contribution < 1.29 is 15.0 Å². The zero-order valence-corrected chi connectivity index (χ0v) is 12.2. The van der Waals surface area contributed by atoms with Gasteiger partial charge in [-0.05, 0) is 47.2 Å². The molecule has 0 radical (unpaired) electrons. The van der Waals surface area contributed by atoms with Crippen LogP contribution in [0, 0.1) is 0 Å². The Morgan fingerprint density at radius 2 is 1.73 bits per heavy atom. The number of phenols is 1. The molecule has 3 rings (SSSR count). The van der Waals surface area contributed by atoms with Gasteiger partial charge in [-0.25, -0.2) is 0 Å². The molecule has 3 nitrogen and oxygen atoms in total. The van der Waals surface area contributed by atoms with Crippen molar-refractivity contribution in [2.24, 2.45) is 0 Å². The molecule has 0 fully saturated rings. The van der Waals surface area contributed by atoms with Crippen molar-refractivity contribution in [1.82, 2.24) is 0 Å². The highest BCUT2D eigenvalue weighted by Gasteiger charge is 2.21. The summed E-state index contributed by atoms with van der Waals surface area (Å²) in [6, 6.07) is 13.6. The molecule has 2 N–H and O–H groups in total. The number of fused-ring (bicyclic) bond motifs is 2. The quantitative estimate of drug-likeness (QED) is 0.885. The fraction of sp³-hybridized carbons (Fsp3) is 0.211. The minimum Gasteiger partial charge on any atom is -0.508 e. The summed E-state index contributed by atoms with van der Waals surface area (Å²) in [5, 5.41) is 18.7. The normalized spacial score (nSPS) is 15.7. The average Bonchev–Trinajstić information content (AvgIpc) is 2.65. The number of benzene rings is 2. The van der Waals surface area contributed by atoms with Crippen LogP contribution in [0.2, 0.25) is 0 Å². The van der Waals surface area contributed by atoms with Crippen molar-refractivity contribution in [2.75, 3.05) is 0 Å². The monoisotopic (exact) mass is 294 g/mol. The van der Waals surface area contributed by atoms with E-state index in [4.69, 9.17) is 5.11 Å². The lowest BCUT2D eigenvalue weighted by Gasteiger charge is -2.20. The van der Waals surface area contributed by atoms with Gasteiger partial charge in [-0.15, -0.1) is 0 Å². The van der Waals surface area contributed by atoms with E-state index in [1.807, 2.05) is 18.2 Å². The highest BCUT2D eigenvalue weighted by molar-refractivity contribution is 5.77. The second-order valence-electron chi connectivity index (χ2n) is 5.61. The third-order valence-corrected chi connectivity index (χ3v) is 4.14. The minimum atomic E-state index is -0.767. The number of phenolic OH excluding ortho intramolecular Hbond substituents is 1. The SMILES string of the molecule is O=C(O)CCCC1c2ccccc2C=Cc2ccc(O)cc21. The standard InChI is InChI=1S/C19H18O3/c20-15-11-10-14-9-8-13-4-1-2-5-16(13)17(18(14)12-15)6-3-7-19(21)22/h1-2,4-5,8-12,17,20H,3,6-7H2,(H,21,22). The summed E-state index contributed by atoms with van der Waals surface area (Å²) in [6.45, 7) is 0. The number of aromatic hydroxyl groups is 1. The van der Waals surface area contributed by atoms with Gasteiger partial charge >= 0.3 is 5.97 Å². The average molecular weight is 294 g/mol. The first-order chi connectivity index (χ1) is 10.6. The molecule has 0 spiro atoms. The number of hydrogen-bond acceptors (Lipinski definition) is 2. The number of carboxylic acid groups (broad SMARTS) is 1. The van der Waals surface area contributed by atoms with Crippen LogP contribution in [-0.4, -0.2) is 16.2 Å². The van der Waals surface area contributed by atoms with Crippen molar-refractivity contribution in [2.45, 2.75) is 25.2 Å². The number of carboxylic acids is 1. The van der Waals surface area contributed by atoms with Crippen molar-refractivity contribution in [3.05, 3.63) is 64.7 Å². The maximum absolute atomic E-state index is 10.8. The lowest BCUT2D eigenvalue weighted by molar-refractivity contribution is -0.137. The van der Waals surface area contributed by atoms with Gasteiger partial charge in [-0.2, -0.15) is 0 Å². The molecule has 2 aromatic rings. The van der Waals surface area contributed by atoms with Crippen LogP contribution >= 0.6 is 0 Å². The lowest BCUT2D eigenvalue weighted by atomic mass is 9.84. The van der Waals surface area contributed by atoms with E-state index in [1.54, 1.807) is 12.1 Å². The summed E-state index contributed by atoms with van der Waals surface area (Å²) >= 11 is 0. The van der Waals surface area contributed by atoms with Crippen molar-refractivity contribution in [3.63, 3.8) is 0 Å². The molecule has 1 aliphatic carbocycles. The Balaban J connectivity index is 2.03. The Morgan fingerprint density at radius 3 is 2.50 bits per heavy atom. The van der Waals surface area contributed by atoms with E-state index in [1.165, 1.54) is 5.56 Å². The minimum absolute atomic E-state index is 0.104. The van der Waals surface area contributed by atoms with Crippen LogP contribution in [-0.2, 0) is 4.79 Å². The summed E-state index contributed by atoms with van der Waals surface area (Å²) in [4.78, 5) is 10.8. The van der Waals surface area contributed by atoms with Gasteiger partial charge in [-0.3, -0.25) is 4.79 Å². The predicted octanol–water partition coefficient (Wildman–Crippen LogP) is 4.26. The number of rotatable bonds is 4. The van der Waals surface area contributed by atoms with Gasteiger partial charge in [0.1, 0.15) is 5.75 Å². The molecular formula is C19H18O3. The lowest BCUT2D eigenvalue weighted by Crippen LogP contribution is -2.05. The van der Waals surface area contributed by atoms with Gasteiger partial charge in [0.15, 0.2) is 0 Å². The molecule has 1 aliphatic rings. The molecule has 3 heteroatoms. The molecule has 112 valence electrons. The van der Waals surface area contributed by atoms with Crippen molar-refractivity contribution in [3.8, 4) is 5.75 Å². The molecule has 0 bridgehead atoms. The van der Waals surface area contributed by atoms with Crippen LogP contribution < -0.4 is 0 Å². The van der Waals surface area contributed by atoms with E-state index in [2.05, 4.69) is 24.3 Å². The number of hydrogen-bond donors (Lipinski definition) is 2. The topological polar surface area (TPSA) is 57.5 Å². The smallest absolute Gasteiger partial charge is 0.303 e. The Labute approximate surface area is 129 Å². The molecule has 0 heterocycles. The Hall–Kier alpha value is -2.55. The zero-order valence-electron chi connectivity index (χ0n) is 12.2. The van der Waals surface area contributed by atoms with E-state index in [0.717, 1.165) is 23.1 Å². The van der Waals surface area contributed by atoms with E-state index in [-0.39, 0.29) is 18.1 Å². The Morgan fingerprint density at radius 1 is 1.00 bits per heavy atom. The molecule has 0 aromatic heterocycles. The van der Waals surface area contributed by atoms with E-state index >= 15 is 0 Å². The van der Waals surface area contributed by atoms with Crippen LogP contribution in [0.1, 0.15) is 47.4 Å². The molecule has 0 amide bonds. The first-order valence-corrected chi connectivity index (χ1v) is 7.47. The van der Waals surface area contributed by atoms with Gasteiger partial charge in [0.25, 0.3) is 0 Å². The summed E-state index contributed by atoms with van der Waals surface area (Å²) < 4.78 is 0. The number of carbonyl (C=O) groups is 1. The Bertz CT molecular complexity index is 731. The van der Waals surface area contributed by atoms with Gasteiger partial charge in [0.2, 0.25) is 0 Å². The largest absolute Gasteiger partial charge is 0.508 e. The highest BCUT2D eigenvalue weighted by atomic mass is 16.4. The predicted molar refractivity (Wildman–Crippen MR) is 86.8 cm³/mol. The fourth-order valence-electron chi connectivity index (χ4n) is 3.11. The molecular weight excluding hydrogens is 276 g/mol. The number of aliphatic carboxylic acids is 1. The van der Waals surface area contributed by atoms with Crippen molar-refractivity contribution in [1.29, 1.82) is 0 Å². The molecule has 0 aliphatic heterocycles. The molecule has 1 atom stereocenters. The Kier molecular flexibility index (Phi) is 3.96. The van der Waals surface area contributed by atoms with Crippen LogP contribution in [0.25, 0.3) is 12.2 Å². The zero-order chi connectivity index (χ0) is 15.5. The van der Waals surface area contributed by atoms with E-state index in [0.29, 0.717) is 6.42 Å². The summed E-state index contributed by atoms with van der Waals surface area (Å²) in [6.07, 6.45) is 5.68. The van der Waals surface area contributed by atoms with Gasteiger partial charge in [0.05, 0.1) is 0 Å². The molecule has 0 saturated heterocycles. The molecule has 1 unspecified atom stereocenters. The second-order valence-corrected chi connectivity index (χ2v) is 5.61. The van der Waals surface area contributed by atoms with Gasteiger partial charge < -0.3 is 10.2 Å². The van der Waals surface area contributed by atoms with Crippen LogP contribution in [0.5, 0.6) is 5.75 Å². The van der Waals surface area contributed by atoms with Gasteiger partial charge in [-0.1, -0.05) is 42.5 Å². The summed E-state index contributed by atoms with van der Waals surface area (Å²) in [5.74, 6) is -0.418. The van der Waals surface area contributed by atoms with Crippen LogP contribution in [0.4, 0.5) is 0 Å². The third-order valence-electron chi connectivity index (χ3n) is 4.14. The summed E-state index contributed by atoms with van der Waals surface area (Å²) in [7, 11) is 0. The molecule has 2 aromatic carbocycles. The van der Waals surface area contributed by atoms with E-state index < -0.39 is 5.97 Å². The van der Waals surface area contributed by atoms with Crippen LogP contribution in [0.3, 0.4) is 0 Å². The van der Waals surface area contributed by atoms with E-state index in [9.17, 15) is 9.90 Å². The first-order valence-electron chi connectivity index (χ1n) is 7.47. The second kappa shape index (κ2) is 6.06. The summed E-state index contributed by atoms with van der Waals surface area (Å²) in [5.41, 5.74) is 4.48. The first kappa shape index (κ1) is 14.4. The maximum atomic E-state index is 10.8. The highest BCUT2D eigenvalue weighted by Crippen LogP contribution is 2.38. The van der Waals surface area contributed by atoms with Crippen molar-refractivity contribution >= 4 is 18.1 Å². The molecule has 0 saturated carbocycles. The third kappa shape index (κ3) is 2.89. The van der Waals surface area contributed by atoms with Gasteiger partial charge in [0, 0.05) is 12.3 Å². The maximum Gasteiger partial charge on any atom is 0.303 e. The van der Waals surface area contributed by atoms with Crippen LogP contribution in [0.15, 0.2) is 42.5 Å². The molecule has 22 heavy (non-hydrogen) atoms.